The second-order valence-corrected chi connectivity index (χ2v) is 7.75. The summed E-state index contributed by atoms with van der Waals surface area (Å²) < 4.78 is 5.34. The van der Waals surface area contributed by atoms with Crippen molar-refractivity contribution >= 4 is 12.0 Å². The Kier molecular flexibility index (Phi) is 5.48. The number of benzene rings is 1. The largest absolute Gasteiger partial charge is 0.444 e. The maximum absolute atomic E-state index is 12.1. The monoisotopic (exact) mass is 370 g/mol. The van der Waals surface area contributed by atoms with E-state index in [9.17, 15) is 9.59 Å². The van der Waals surface area contributed by atoms with E-state index < -0.39 is 11.7 Å². The number of piperidine rings is 1. The van der Waals surface area contributed by atoms with Gasteiger partial charge in [0, 0.05) is 30.8 Å². The molecule has 144 valence electrons. The number of aromatic nitrogens is 2. The van der Waals surface area contributed by atoms with Crippen LogP contribution in [-0.2, 0) is 4.74 Å². The van der Waals surface area contributed by atoms with Crippen molar-refractivity contribution < 1.29 is 9.53 Å². The van der Waals surface area contributed by atoms with Crippen LogP contribution in [0.4, 0.5) is 10.7 Å². The van der Waals surface area contributed by atoms with E-state index in [0.717, 1.165) is 24.9 Å². The van der Waals surface area contributed by atoms with Gasteiger partial charge in [-0.15, -0.1) is 0 Å². The molecule has 1 unspecified atom stereocenters. The van der Waals surface area contributed by atoms with Crippen LogP contribution in [0.5, 0.6) is 0 Å². The lowest BCUT2D eigenvalue weighted by atomic mass is 10.1. The summed E-state index contributed by atoms with van der Waals surface area (Å²) in [5.41, 5.74) is 0.804. The molecule has 1 aliphatic heterocycles. The second-order valence-electron chi connectivity index (χ2n) is 7.75. The smallest absolute Gasteiger partial charge is 0.407 e. The molecular weight excluding hydrogens is 344 g/mol. The Balaban J connectivity index is 1.74. The second kappa shape index (κ2) is 7.82. The van der Waals surface area contributed by atoms with Crippen LogP contribution in [0, 0.1) is 0 Å². The molecule has 1 saturated heterocycles. The van der Waals surface area contributed by atoms with Gasteiger partial charge in [0.1, 0.15) is 5.60 Å². The van der Waals surface area contributed by atoms with Crippen LogP contribution in [0.1, 0.15) is 33.6 Å². The summed E-state index contributed by atoms with van der Waals surface area (Å²) in [5.74, 6) is 0.525. The lowest BCUT2D eigenvalue weighted by Crippen LogP contribution is -2.49. The van der Waals surface area contributed by atoms with Gasteiger partial charge < -0.3 is 15.0 Å². The first-order valence-corrected chi connectivity index (χ1v) is 9.21. The van der Waals surface area contributed by atoms with Crippen LogP contribution in [0.25, 0.3) is 11.3 Å². The van der Waals surface area contributed by atoms with E-state index in [-0.39, 0.29) is 11.6 Å². The summed E-state index contributed by atoms with van der Waals surface area (Å²) >= 11 is 0. The van der Waals surface area contributed by atoms with Crippen LogP contribution >= 0.6 is 0 Å². The molecule has 27 heavy (non-hydrogen) atoms. The molecule has 0 radical (unpaired) electrons. The zero-order chi connectivity index (χ0) is 19.4. The molecule has 7 heteroatoms. The minimum absolute atomic E-state index is 0.0562. The average molecular weight is 370 g/mol. The quantitative estimate of drug-likeness (QED) is 0.867. The zero-order valence-corrected chi connectivity index (χ0v) is 16.0. The number of rotatable bonds is 3. The Bertz CT molecular complexity index is 842. The Morgan fingerprint density at radius 2 is 2.04 bits per heavy atom. The molecule has 1 atom stereocenters. The van der Waals surface area contributed by atoms with Crippen molar-refractivity contribution in [2.24, 2.45) is 0 Å². The maximum Gasteiger partial charge on any atom is 0.407 e. The van der Waals surface area contributed by atoms with Crippen LogP contribution in [0.15, 0.2) is 41.2 Å². The fourth-order valence-corrected chi connectivity index (χ4v) is 3.11. The van der Waals surface area contributed by atoms with Crippen LogP contribution in [0.2, 0.25) is 0 Å². The highest BCUT2D eigenvalue weighted by Gasteiger charge is 2.25. The lowest BCUT2D eigenvalue weighted by molar-refractivity contribution is 0.0500. The van der Waals surface area contributed by atoms with Gasteiger partial charge >= 0.3 is 6.09 Å². The van der Waals surface area contributed by atoms with Gasteiger partial charge in [0.05, 0.1) is 5.69 Å². The summed E-state index contributed by atoms with van der Waals surface area (Å²) in [7, 11) is 0. The predicted molar refractivity (Wildman–Crippen MR) is 105 cm³/mol. The SMILES string of the molecule is CC(C)(C)OC(=O)NC1CCCN(c2nc(-c3ccccc3)cc(=O)[nH]2)C1. The minimum atomic E-state index is -0.532. The molecule has 0 saturated carbocycles. The van der Waals surface area contributed by atoms with E-state index in [4.69, 9.17) is 4.74 Å². The Labute approximate surface area is 158 Å². The number of amides is 1. The summed E-state index contributed by atoms with van der Waals surface area (Å²) in [6.45, 7) is 6.85. The van der Waals surface area contributed by atoms with Gasteiger partial charge in [-0.25, -0.2) is 9.78 Å². The molecule has 1 amide bonds. The van der Waals surface area contributed by atoms with Crippen LogP contribution in [-0.4, -0.2) is 40.8 Å². The van der Waals surface area contributed by atoms with E-state index >= 15 is 0 Å². The first kappa shape index (κ1) is 18.9. The summed E-state index contributed by atoms with van der Waals surface area (Å²) in [4.78, 5) is 33.6. The van der Waals surface area contributed by atoms with Gasteiger partial charge in [0.2, 0.25) is 5.95 Å². The highest BCUT2D eigenvalue weighted by Crippen LogP contribution is 2.20. The molecule has 2 N–H and O–H groups in total. The number of anilines is 1. The van der Waals surface area contributed by atoms with Gasteiger partial charge in [0.15, 0.2) is 0 Å². The van der Waals surface area contributed by atoms with E-state index in [1.807, 2.05) is 56.0 Å². The number of H-pyrrole nitrogens is 1. The number of aromatic amines is 1. The molecule has 1 aliphatic rings. The number of ether oxygens (including phenoxy) is 1. The van der Waals surface area contributed by atoms with Crippen molar-refractivity contribution in [1.82, 2.24) is 15.3 Å². The van der Waals surface area contributed by atoms with Gasteiger partial charge in [-0.05, 0) is 33.6 Å². The maximum atomic E-state index is 12.1. The van der Waals surface area contributed by atoms with Crippen molar-refractivity contribution in [2.75, 3.05) is 18.0 Å². The molecule has 1 aromatic heterocycles. The first-order valence-electron chi connectivity index (χ1n) is 9.21. The summed E-state index contributed by atoms with van der Waals surface area (Å²) in [5, 5.41) is 2.91. The van der Waals surface area contributed by atoms with Gasteiger partial charge in [-0.3, -0.25) is 9.78 Å². The highest BCUT2D eigenvalue weighted by atomic mass is 16.6. The van der Waals surface area contributed by atoms with Gasteiger partial charge in [-0.2, -0.15) is 0 Å². The van der Waals surface area contributed by atoms with Crippen molar-refractivity contribution in [3.63, 3.8) is 0 Å². The van der Waals surface area contributed by atoms with Gasteiger partial charge in [0.25, 0.3) is 5.56 Å². The number of hydrogen-bond acceptors (Lipinski definition) is 5. The van der Waals surface area contributed by atoms with Crippen LogP contribution < -0.4 is 15.8 Å². The molecular formula is C20H26N4O3. The fourth-order valence-electron chi connectivity index (χ4n) is 3.11. The number of carbonyl (C=O) groups is 1. The molecule has 1 aromatic carbocycles. The van der Waals surface area contributed by atoms with Gasteiger partial charge in [-0.1, -0.05) is 30.3 Å². The standard InChI is InChI=1S/C20H26N4O3/c1-20(2,3)27-19(26)21-15-10-7-11-24(13-15)18-22-16(12-17(25)23-18)14-8-5-4-6-9-14/h4-6,8-9,12,15H,7,10-11,13H2,1-3H3,(H,21,26)(H,22,23,25). The highest BCUT2D eigenvalue weighted by molar-refractivity contribution is 5.68. The van der Waals surface area contributed by atoms with Crippen molar-refractivity contribution in [3.8, 4) is 11.3 Å². The molecule has 1 fully saturated rings. The molecule has 0 spiro atoms. The van der Waals surface area contributed by atoms with E-state index in [1.54, 1.807) is 0 Å². The van der Waals surface area contributed by atoms with Crippen molar-refractivity contribution in [2.45, 2.75) is 45.3 Å². The summed E-state index contributed by atoms with van der Waals surface area (Å²) in [6.07, 6.45) is 1.33. The third kappa shape index (κ3) is 5.32. The molecule has 0 bridgehead atoms. The van der Waals surface area contributed by atoms with E-state index in [1.165, 1.54) is 6.07 Å². The third-order valence-corrected chi connectivity index (χ3v) is 4.24. The van der Waals surface area contributed by atoms with Crippen molar-refractivity contribution in [1.29, 1.82) is 0 Å². The summed E-state index contributed by atoms with van der Waals surface area (Å²) in [6, 6.07) is 11.1. The molecule has 2 aromatic rings. The predicted octanol–water partition coefficient (Wildman–Crippen LogP) is 2.93. The first-order chi connectivity index (χ1) is 12.8. The number of hydrogen-bond donors (Lipinski definition) is 2. The van der Waals surface area contributed by atoms with E-state index in [2.05, 4.69) is 15.3 Å². The molecule has 3 rings (SSSR count). The number of nitrogens with zero attached hydrogens (tertiary/aromatic N) is 2. The topological polar surface area (TPSA) is 87.3 Å². The Hall–Kier alpha value is -2.83. The third-order valence-electron chi connectivity index (χ3n) is 4.24. The van der Waals surface area contributed by atoms with E-state index in [0.29, 0.717) is 18.2 Å². The normalized spacial score (nSPS) is 17.4. The lowest BCUT2D eigenvalue weighted by Gasteiger charge is -2.34. The zero-order valence-electron chi connectivity index (χ0n) is 16.0. The fraction of sp³-hybridized carbons (Fsp3) is 0.450. The Morgan fingerprint density at radius 3 is 2.74 bits per heavy atom. The minimum Gasteiger partial charge on any atom is -0.444 e. The molecule has 7 nitrogen and oxygen atoms in total. The Morgan fingerprint density at radius 1 is 1.30 bits per heavy atom. The van der Waals surface area contributed by atoms with Crippen molar-refractivity contribution in [3.05, 3.63) is 46.8 Å². The molecule has 2 heterocycles. The number of alkyl carbamates (subject to hydrolysis) is 1. The van der Waals surface area contributed by atoms with Crippen LogP contribution in [0.3, 0.4) is 0 Å². The molecule has 0 aliphatic carbocycles. The average Bonchev–Trinajstić information content (AvgIpc) is 2.60. The number of carbonyl (C=O) groups excluding carboxylic acids is 1. The number of nitrogens with one attached hydrogen (secondary N) is 2.